The second-order valence-electron chi connectivity index (χ2n) is 13.9. The van der Waals surface area contributed by atoms with Gasteiger partial charge in [-0.25, -0.2) is 0 Å². The number of esters is 1. The zero-order valence-corrected chi connectivity index (χ0v) is 29.4. The molecule has 0 spiro atoms. The molecular weight excluding hydrogens is 632 g/mol. The van der Waals surface area contributed by atoms with E-state index < -0.39 is 0 Å². The van der Waals surface area contributed by atoms with Crippen LogP contribution in [0.1, 0.15) is 58.3 Å². The number of carbonyl (C=O) groups is 1. The van der Waals surface area contributed by atoms with Crippen LogP contribution in [0.15, 0.2) is 60.7 Å². The van der Waals surface area contributed by atoms with E-state index in [1.807, 2.05) is 24.3 Å². The molecule has 1 saturated carbocycles. The van der Waals surface area contributed by atoms with Crippen LogP contribution in [-0.4, -0.2) is 64.3 Å². The number of likely N-dealkylation sites (N-methyl/N-ethyl adjacent to an activating group) is 2. The summed E-state index contributed by atoms with van der Waals surface area (Å²) in [6.45, 7) is 1.76. The summed E-state index contributed by atoms with van der Waals surface area (Å²) in [4.78, 5) is 18.1. The van der Waals surface area contributed by atoms with Crippen molar-refractivity contribution in [3.63, 3.8) is 0 Å². The minimum Gasteiger partial charge on any atom is -0.493 e. The smallest absolute Gasteiger partial charge is 0.314 e. The molecule has 4 aromatic carbocycles. The molecule has 0 radical (unpaired) electrons. The number of nitrogens with zero attached hydrogens (tertiary/aromatic N) is 2. The van der Waals surface area contributed by atoms with Gasteiger partial charge in [0, 0.05) is 30.7 Å². The first-order valence-corrected chi connectivity index (χ1v) is 17.5. The van der Waals surface area contributed by atoms with E-state index in [1.165, 1.54) is 16.7 Å². The van der Waals surface area contributed by atoms with Crippen molar-refractivity contribution in [2.45, 2.75) is 50.6 Å². The standard InChI is InChI=1S/C41H44N2O7/c1-42-16-14-27-21-34(46-4)36-23-30(27)31(42)18-24-6-11-29(12-7-24)48-35-20-25(8-13-33(35)45-3)19-32-38-28(15-17-43(32)2)22-37(47-5)39(40(38)49-36)50-41(44)26-9-10-26/h6-8,11-13,20-23,26,31-32H,9-10,14-19H2,1-5H3/t31?,32-/m0/s1. The molecule has 4 aliphatic heterocycles. The summed E-state index contributed by atoms with van der Waals surface area (Å²) in [7, 11) is 9.26. The van der Waals surface area contributed by atoms with Crippen LogP contribution in [0.2, 0.25) is 0 Å². The summed E-state index contributed by atoms with van der Waals surface area (Å²) in [5.41, 5.74) is 6.77. The van der Waals surface area contributed by atoms with Crippen molar-refractivity contribution in [3.8, 4) is 46.0 Å². The third-order valence-electron chi connectivity index (χ3n) is 10.8. The zero-order chi connectivity index (χ0) is 34.5. The number of ether oxygens (including phenoxy) is 6. The molecule has 0 amide bonds. The van der Waals surface area contributed by atoms with Crippen molar-refractivity contribution in [2.24, 2.45) is 5.92 Å². The maximum atomic E-state index is 13.3. The van der Waals surface area contributed by atoms with Crippen LogP contribution in [0.5, 0.6) is 46.0 Å². The molecule has 4 aromatic rings. The van der Waals surface area contributed by atoms with E-state index in [2.05, 4.69) is 60.3 Å². The van der Waals surface area contributed by atoms with E-state index in [9.17, 15) is 4.79 Å². The first-order chi connectivity index (χ1) is 24.3. The topological polar surface area (TPSA) is 78.9 Å². The molecule has 0 N–H and O–H groups in total. The fourth-order valence-electron chi connectivity index (χ4n) is 7.68. The van der Waals surface area contributed by atoms with Gasteiger partial charge in [-0.1, -0.05) is 18.2 Å². The highest BCUT2D eigenvalue weighted by Gasteiger charge is 2.38. The Hall–Kier alpha value is -4.73. The summed E-state index contributed by atoms with van der Waals surface area (Å²) in [5.74, 6) is 4.19. The molecule has 260 valence electrons. The molecule has 9 heteroatoms. The molecule has 0 saturated heterocycles. The first-order valence-electron chi connectivity index (χ1n) is 17.5. The van der Waals surface area contributed by atoms with Gasteiger partial charge in [0.15, 0.2) is 34.5 Å². The van der Waals surface area contributed by atoms with Crippen molar-refractivity contribution in [1.29, 1.82) is 0 Å². The Morgan fingerprint density at radius 1 is 0.700 bits per heavy atom. The quantitative estimate of drug-likeness (QED) is 0.158. The second kappa shape index (κ2) is 13.2. The lowest BCUT2D eigenvalue weighted by Crippen LogP contribution is -2.34. The maximum Gasteiger partial charge on any atom is 0.314 e. The van der Waals surface area contributed by atoms with Gasteiger partial charge in [0.05, 0.1) is 27.2 Å². The van der Waals surface area contributed by atoms with Gasteiger partial charge >= 0.3 is 5.97 Å². The molecular formula is C41H44N2O7. The summed E-state index contributed by atoms with van der Waals surface area (Å²) < 4.78 is 37.5. The molecule has 6 bridgehead atoms. The highest BCUT2D eigenvalue weighted by atomic mass is 16.6. The Labute approximate surface area is 293 Å². The molecule has 0 aromatic heterocycles. The van der Waals surface area contributed by atoms with Gasteiger partial charge in [-0.05, 0) is 123 Å². The second-order valence-corrected chi connectivity index (χ2v) is 13.9. The number of hydrogen-bond acceptors (Lipinski definition) is 9. The molecule has 9 nitrogen and oxygen atoms in total. The van der Waals surface area contributed by atoms with Gasteiger partial charge in [0.2, 0.25) is 5.75 Å². The van der Waals surface area contributed by atoms with Gasteiger partial charge in [-0.3, -0.25) is 14.6 Å². The average molecular weight is 677 g/mol. The zero-order valence-electron chi connectivity index (χ0n) is 29.4. The normalized spacial score (nSPS) is 20.0. The van der Waals surface area contributed by atoms with Crippen LogP contribution in [-0.2, 0) is 30.5 Å². The Morgan fingerprint density at radius 2 is 1.34 bits per heavy atom. The predicted octanol–water partition coefficient (Wildman–Crippen LogP) is 7.47. The number of carbonyl (C=O) groups excluding carboxylic acids is 1. The molecule has 4 heterocycles. The molecule has 2 atom stereocenters. The number of rotatable bonds is 5. The molecule has 5 aliphatic rings. The van der Waals surface area contributed by atoms with Crippen LogP contribution in [0.4, 0.5) is 0 Å². The van der Waals surface area contributed by atoms with E-state index >= 15 is 0 Å². The highest BCUT2D eigenvalue weighted by Crippen LogP contribution is 2.52. The lowest BCUT2D eigenvalue weighted by atomic mass is 9.87. The lowest BCUT2D eigenvalue weighted by Gasteiger charge is -2.37. The molecule has 9 rings (SSSR count). The van der Waals surface area contributed by atoms with Crippen molar-refractivity contribution in [2.75, 3.05) is 48.5 Å². The Kier molecular flexibility index (Phi) is 8.57. The third-order valence-corrected chi connectivity index (χ3v) is 10.8. The third kappa shape index (κ3) is 6.03. The van der Waals surface area contributed by atoms with E-state index in [0.29, 0.717) is 46.7 Å². The van der Waals surface area contributed by atoms with Gasteiger partial charge in [-0.15, -0.1) is 0 Å². The Balaban J connectivity index is 1.36. The Bertz CT molecular complexity index is 1940. The van der Waals surface area contributed by atoms with Crippen molar-refractivity contribution in [1.82, 2.24) is 9.80 Å². The predicted molar refractivity (Wildman–Crippen MR) is 189 cm³/mol. The van der Waals surface area contributed by atoms with E-state index in [0.717, 1.165) is 67.6 Å². The van der Waals surface area contributed by atoms with E-state index in [1.54, 1.807) is 21.3 Å². The number of benzene rings is 4. The largest absolute Gasteiger partial charge is 0.493 e. The highest BCUT2D eigenvalue weighted by molar-refractivity contribution is 5.80. The number of methoxy groups -OCH3 is 3. The van der Waals surface area contributed by atoms with Crippen molar-refractivity contribution in [3.05, 3.63) is 94.0 Å². The van der Waals surface area contributed by atoms with Crippen LogP contribution >= 0.6 is 0 Å². The Morgan fingerprint density at radius 3 is 2.06 bits per heavy atom. The minimum absolute atomic E-state index is 0.110. The number of hydrogen-bond donors (Lipinski definition) is 0. The summed E-state index contributed by atoms with van der Waals surface area (Å²) in [5, 5.41) is 0. The van der Waals surface area contributed by atoms with Crippen LogP contribution < -0.4 is 28.4 Å². The average Bonchev–Trinajstić information content (AvgIpc) is 3.98. The molecule has 1 fully saturated rings. The van der Waals surface area contributed by atoms with E-state index in [4.69, 9.17) is 28.4 Å². The van der Waals surface area contributed by atoms with Crippen LogP contribution in [0.25, 0.3) is 0 Å². The fraction of sp³-hybridized carbons (Fsp3) is 0.390. The lowest BCUT2D eigenvalue weighted by molar-refractivity contribution is -0.136. The summed E-state index contributed by atoms with van der Waals surface area (Å²) in [6, 6.07) is 20.7. The molecule has 1 aliphatic carbocycles. The van der Waals surface area contributed by atoms with Crippen molar-refractivity contribution >= 4 is 5.97 Å². The monoisotopic (exact) mass is 676 g/mol. The van der Waals surface area contributed by atoms with Crippen molar-refractivity contribution < 1.29 is 33.2 Å². The SMILES string of the molecule is COc1ccc2cc1Oc1ccc(cc1)CC1c3cc(c(OC)cc3CCN1C)Oc1c(OC(=O)C3CC3)c(OC)cc3c1[C@H](C2)N(C)CC3. The molecule has 50 heavy (non-hydrogen) atoms. The van der Waals surface area contributed by atoms with Gasteiger partial charge in [0.25, 0.3) is 0 Å². The first kappa shape index (κ1) is 32.5. The fourth-order valence-corrected chi connectivity index (χ4v) is 7.68. The van der Waals surface area contributed by atoms with Gasteiger partial charge < -0.3 is 28.4 Å². The molecule has 1 unspecified atom stereocenters. The van der Waals surface area contributed by atoms with Crippen LogP contribution in [0, 0.1) is 5.92 Å². The van der Waals surface area contributed by atoms with Gasteiger partial charge in [-0.2, -0.15) is 0 Å². The van der Waals surface area contributed by atoms with Gasteiger partial charge in [0.1, 0.15) is 5.75 Å². The maximum absolute atomic E-state index is 13.3. The number of fused-ring (bicyclic) bond motifs is 2. The van der Waals surface area contributed by atoms with Crippen LogP contribution in [0.3, 0.4) is 0 Å². The minimum atomic E-state index is -0.259. The van der Waals surface area contributed by atoms with E-state index in [-0.39, 0.29) is 24.0 Å². The summed E-state index contributed by atoms with van der Waals surface area (Å²) in [6.07, 6.45) is 4.79. The summed E-state index contributed by atoms with van der Waals surface area (Å²) >= 11 is 0.